The van der Waals surface area contributed by atoms with Crippen molar-refractivity contribution in [2.75, 3.05) is 5.32 Å². The fraction of sp³-hybridized carbons (Fsp3) is 0.200. The Morgan fingerprint density at radius 2 is 1.97 bits per heavy atom. The van der Waals surface area contributed by atoms with Gasteiger partial charge in [-0.1, -0.05) is 12.1 Å². The van der Waals surface area contributed by atoms with Gasteiger partial charge in [-0.25, -0.2) is 19.2 Å². The molecular formula is C20H20N8O2. The molecule has 0 radical (unpaired) electrons. The number of anilines is 1. The number of fused-ring (bicyclic) bond motifs is 1. The van der Waals surface area contributed by atoms with Gasteiger partial charge in [0.25, 0.3) is 5.91 Å². The smallest absolute Gasteiger partial charge is 0.254 e. The van der Waals surface area contributed by atoms with Crippen LogP contribution >= 0.6 is 0 Å². The van der Waals surface area contributed by atoms with Gasteiger partial charge in [-0.2, -0.15) is 10.2 Å². The molecule has 0 unspecified atom stereocenters. The van der Waals surface area contributed by atoms with Gasteiger partial charge in [0.1, 0.15) is 18.2 Å². The molecule has 3 aromatic heterocycles. The molecule has 10 heteroatoms. The van der Waals surface area contributed by atoms with Crippen molar-refractivity contribution in [1.29, 1.82) is 0 Å². The Bertz CT molecular complexity index is 1240. The van der Waals surface area contributed by atoms with E-state index >= 15 is 0 Å². The van der Waals surface area contributed by atoms with Crippen LogP contribution in [0.2, 0.25) is 0 Å². The van der Waals surface area contributed by atoms with Crippen molar-refractivity contribution in [3.8, 4) is 5.69 Å². The quantitative estimate of drug-likeness (QED) is 0.501. The third-order valence-corrected chi connectivity index (χ3v) is 4.92. The molecule has 0 aliphatic rings. The standard InChI is InChI=1S/C20H20N8O2/c1-12-14(13(2)28-20(25-12)15(9-23-28)19(21)30)7-8-18(29)26-16-5-3-4-6-17(16)27-11-22-10-24-27/h3-6,9-11H,7-8H2,1-2H3,(H2,21,30)(H,26,29). The zero-order valence-corrected chi connectivity index (χ0v) is 16.5. The van der Waals surface area contributed by atoms with Crippen LogP contribution in [0.1, 0.15) is 33.7 Å². The van der Waals surface area contributed by atoms with Crippen molar-refractivity contribution in [2.45, 2.75) is 26.7 Å². The number of hydrogen-bond acceptors (Lipinski definition) is 6. The average Bonchev–Trinajstić information content (AvgIpc) is 3.38. The molecule has 10 nitrogen and oxygen atoms in total. The highest BCUT2D eigenvalue weighted by Crippen LogP contribution is 2.21. The van der Waals surface area contributed by atoms with E-state index in [1.807, 2.05) is 38.1 Å². The molecule has 0 bridgehead atoms. The van der Waals surface area contributed by atoms with Gasteiger partial charge in [-0.15, -0.1) is 0 Å². The molecular weight excluding hydrogens is 384 g/mol. The van der Waals surface area contributed by atoms with Crippen LogP contribution in [0.3, 0.4) is 0 Å². The number of carbonyl (C=O) groups is 2. The third-order valence-electron chi connectivity index (χ3n) is 4.92. The molecule has 4 aromatic rings. The van der Waals surface area contributed by atoms with E-state index in [0.717, 1.165) is 22.6 Å². The number of hydrogen-bond donors (Lipinski definition) is 2. The van der Waals surface area contributed by atoms with Gasteiger partial charge in [0.15, 0.2) is 5.65 Å². The SMILES string of the molecule is Cc1nc2c(C(N)=O)cnn2c(C)c1CCC(=O)Nc1ccccc1-n1cncn1. The lowest BCUT2D eigenvalue weighted by molar-refractivity contribution is -0.116. The first-order valence-electron chi connectivity index (χ1n) is 9.33. The van der Waals surface area contributed by atoms with Crippen LogP contribution < -0.4 is 11.1 Å². The lowest BCUT2D eigenvalue weighted by atomic mass is 10.1. The van der Waals surface area contributed by atoms with Crippen LogP contribution in [0.5, 0.6) is 0 Å². The number of aryl methyl sites for hydroxylation is 2. The van der Waals surface area contributed by atoms with E-state index in [9.17, 15) is 9.59 Å². The number of amides is 2. The molecule has 30 heavy (non-hydrogen) atoms. The van der Waals surface area contributed by atoms with Crippen molar-refractivity contribution in [2.24, 2.45) is 5.73 Å². The monoisotopic (exact) mass is 404 g/mol. The second-order valence-electron chi connectivity index (χ2n) is 6.82. The molecule has 0 atom stereocenters. The van der Waals surface area contributed by atoms with Gasteiger partial charge in [-0.05, 0) is 38.0 Å². The summed E-state index contributed by atoms with van der Waals surface area (Å²) < 4.78 is 3.18. The molecule has 0 aliphatic carbocycles. The lowest BCUT2D eigenvalue weighted by Crippen LogP contribution is -2.16. The molecule has 4 rings (SSSR count). The molecule has 152 valence electrons. The minimum Gasteiger partial charge on any atom is -0.365 e. The first kappa shape index (κ1) is 19.2. The Balaban J connectivity index is 1.53. The van der Waals surface area contributed by atoms with Crippen LogP contribution in [0.25, 0.3) is 11.3 Å². The minimum absolute atomic E-state index is 0.139. The van der Waals surface area contributed by atoms with Gasteiger partial charge < -0.3 is 11.1 Å². The van der Waals surface area contributed by atoms with Crippen LogP contribution in [-0.2, 0) is 11.2 Å². The van der Waals surface area contributed by atoms with E-state index in [1.54, 1.807) is 15.5 Å². The highest BCUT2D eigenvalue weighted by Gasteiger charge is 2.17. The summed E-state index contributed by atoms with van der Waals surface area (Å²) in [6, 6.07) is 7.37. The normalized spacial score (nSPS) is 11.0. The average molecular weight is 404 g/mol. The van der Waals surface area contributed by atoms with Gasteiger partial charge >= 0.3 is 0 Å². The number of nitrogens with zero attached hydrogens (tertiary/aromatic N) is 6. The van der Waals surface area contributed by atoms with Crippen molar-refractivity contribution < 1.29 is 9.59 Å². The van der Waals surface area contributed by atoms with Gasteiger partial charge in [0.2, 0.25) is 5.91 Å². The maximum Gasteiger partial charge on any atom is 0.254 e. The zero-order valence-electron chi connectivity index (χ0n) is 16.5. The van der Waals surface area contributed by atoms with Crippen LogP contribution in [0, 0.1) is 13.8 Å². The fourth-order valence-electron chi connectivity index (χ4n) is 3.41. The summed E-state index contributed by atoms with van der Waals surface area (Å²) in [4.78, 5) is 32.6. The van der Waals surface area contributed by atoms with Gasteiger partial charge in [-0.3, -0.25) is 9.59 Å². The Labute approximate surface area is 171 Å². The fourth-order valence-corrected chi connectivity index (χ4v) is 3.41. The number of rotatable bonds is 6. The molecule has 0 aliphatic heterocycles. The number of aromatic nitrogens is 6. The van der Waals surface area contributed by atoms with E-state index < -0.39 is 5.91 Å². The lowest BCUT2D eigenvalue weighted by Gasteiger charge is -2.13. The van der Waals surface area contributed by atoms with E-state index in [4.69, 9.17) is 5.73 Å². The van der Waals surface area contributed by atoms with Crippen molar-refractivity contribution >= 4 is 23.1 Å². The summed E-state index contributed by atoms with van der Waals surface area (Å²) in [5.74, 6) is -0.714. The summed E-state index contributed by atoms with van der Waals surface area (Å²) in [7, 11) is 0. The van der Waals surface area contributed by atoms with Crippen molar-refractivity contribution in [3.63, 3.8) is 0 Å². The van der Waals surface area contributed by atoms with E-state index in [2.05, 4.69) is 25.5 Å². The highest BCUT2D eigenvalue weighted by molar-refractivity contribution is 5.98. The largest absolute Gasteiger partial charge is 0.365 e. The molecule has 2 amide bonds. The summed E-state index contributed by atoms with van der Waals surface area (Å²) in [5.41, 5.74) is 9.92. The molecule has 3 heterocycles. The maximum atomic E-state index is 12.6. The van der Waals surface area contributed by atoms with Crippen LogP contribution in [-0.4, -0.2) is 41.2 Å². The number of para-hydroxylation sites is 2. The zero-order chi connectivity index (χ0) is 21.3. The van der Waals surface area contributed by atoms with Crippen molar-refractivity contribution in [3.05, 3.63) is 65.6 Å². The Morgan fingerprint density at radius 3 is 2.70 bits per heavy atom. The Kier molecular flexibility index (Phi) is 4.97. The predicted molar refractivity (Wildman–Crippen MR) is 109 cm³/mol. The maximum absolute atomic E-state index is 12.6. The number of benzene rings is 1. The summed E-state index contributed by atoms with van der Waals surface area (Å²) in [6.07, 6.45) is 5.15. The van der Waals surface area contributed by atoms with E-state index in [-0.39, 0.29) is 17.9 Å². The van der Waals surface area contributed by atoms with E-state index in [0.29, 0.717) is 17.8 Å². The number of primary amides is 1. The molecule has 0 fully saturated rings. The molecule has 1 aromatic carbocycles. The summed E-state index contributed by atoms with van der Waals surface area (Å²) >= 11 is 0. The molecule has 3 N–H and O–H groups in total. The molecule has 0 saturated heterocycles. The van der Waals surface area contributed by atoms with Gasteiger partial charge in [0, 0.05) is 17.8 Å². The first-order chi connectivity index (χ1) is 14.5. The highest BCUT2D eigenvalue weighted by atomic mass is 16.2. The number of nitrogens with two attached hydrogens (primary N) is 1. The van der Waals surface area contributed by atoms with E-state index in [1.165, 1.54) is 12.5 Å². The van der Waals surface area contributed by atoms with Crippen LogP contribution in [0.4, 0.5) is 5.69 Å². The number of carbonyl (C=O) groups excluding carboxylic acids is 2. The second kappa shape index (κ2) is 7.74. The summed E-state index contributed by atoms with van der Waals surface area (Å²) in [6.45, 7) is 3.73. The van der Waals surface area contributed by atoms with Crippen LogP contribution in [0.15, 0.2) is 43.1 Å². The number of nitrogens with one attached hydrogen (secondary N) is 1. The minimum atomic E-state index is -0.575. The first-order valence-corrected chi connectivity index (χ1v) is 9.33. The third kappa shape index (κ3) is 3.50. The predicted octanol–water partition coefficient (Wildman–Crippen LogP) is 1.60. The second-order valence-corrected chi connectivity index (χ2v) is 6.82. The molecule has 0 saturated carbocycles. The molecule has 0 spiro atoms. The Hall–Kier alpha value is -4.08. The summed E-state index contributed by atoms with van der Waals surface area (Å²) in [5, 5.41) is 11.3. The Morgan fingerprint density at radius 1 is 1.17 bits per heavy atom. The topological polar surface area (TPSA) is 133 Å². The van der Waals surface area contributed by atoms with Gasteiger partial charge in [0.05, 0.1) is 17.6 Å². The van der Waals surface area contributed by atoms with Crippen molar-refractivity contribution in [1.82, 2.24) is 29.4 Å².